The van der Waals surface area contributed by atoms with Crippen LogP contribution in [-0.4, -0.2) is 71.9 Å². The number of carbonyl (C=O) groups is 1. The van der Waals surface area contributed by atoms with E-state index in [1.807, 2.05) is 30.1 Å². The Labute approximate surface area is 216 Å². The van der Waals surface area contributed by atoms with Crippen molar-refractivity contribution in [2.24, 2.45) is 13.0 Å². The standard InChI is InChI=1S/C29H34FN3O4/c1-31-24-13-21(36-2)7-8-22(24)26-27(31)25(15-34)32(14-20-5-3-4-6-23(20)30)16-29(26)17-33(18-29)28(35)19-9-11-37-12-10-19/h3-8,13,19,25,34H,9-12,14-18H2,1-2H3/t25-/m1/s1. The third kappa shape index (κ3) is 3.93. The van der Waals surface area contributed by atoms with Gasteiger partial charge in [-0.25, -0.2) is 4.39 Å². The lowest BCUT2D eigenvalue weighted by Crippen LogP contribution is -2.68. The van der Waals surface area contributed by atoms with E-state index in [-0.39, 0.29) is 35.7 Å². The smallest absolute Gasteiger partial charge is 0.225 e. The molecule has 37 heavy (non-hydrogen) atoms. The Bertz CT molecular complexity index is 1330. The van der Waals surface area contributed by atoms with E-state index < -0.39 is 0 Å². The molecule has 2 saturated heterocycles. The predicted molar refractivity (Wildman–Crippen MR) is 138 cm³/mol. The number of ether oxygens (including phenoxy) is 2. The second-order valence-electron chi connectivity index (χ2n) is 10.8. The van der Waals surface area contributed by atoms with Gasteiger partial charge in [-0.3, -0.25) is 9.69 Å². The predicted octanol–water partition coefficient (Wildman–Crippen LogP) is 3.38. The maximum absolute atomic E-state index is 14.7. The molecule has 1 spiro atoms. The number of benzene rings is 2. The van der Waals surface area contributed by atoms with Gasteiger partial charge in [0.15, 0.2) is 0 Å². The van der Waals surface area contributed by atoms with Crippen LogP contribution in [0.15, 0.2) is 42.5 Å². The quantitative estimate of drug-likeness (QED) is 0.574. The summed E-state index contributed by atoms with van der Waals surface area (Å²) in [5.74, 6) is 0.756. The number of aliphatic hydroxyl groups is 1. The van der Waals surface area contributed by atoms with Gasteiger partial charge in [-0.2, -0.15) is 0 Å². The van der Waals surface area contributed by atoms with Crippen LogP contribution in [0.25, 0.3) is 10.9 Å². The van der Waals surface area contributed by atoms with E-state index in [4.69, 9.17) is 9.47 Å². The molecule has 3 aliphatic rings. The fraction of sp³-hybridized carbons (Fsp3) is 0.483. The Morgan fingerprint density at radius 1 is 1.16 bits per heavy atom. The first kappa shape index (κ1) is 24.4. The molecule has 3 aliphatic heterocycles. The van der Waals surface area contributed by atoms with Gasteiger partial charge in [0.05, 0.1) is 25.3 Å². The van der Waals surface area contributed by atoms with Crippen molar-refractivity contribution in [3.05, 3.63) is 65.1 Å². The summed E-state index contributed by atoms with van der Waals surface area (Å²) in [5.41, 5.74) is 3.58. The molecule has 1 N–H and O–H groups in total. The fourth-order valence-electron chi connectivity index (χ4n) is 6.78. The van der Waals surface area contributed by atoms with Crippen molar-refractivity contribution in [1.29, 1.82) is 0 Å². The average Bonchev–Trinajstić information content (AvgIpc) is 3.20. The molecule has 0 unspecified atom stereocenters. The molecule has 0 saturated carbocycles. The summed E-state index contributed by atoms with van der Waals surface area (Å²) in [6, 6.07) is 12.6. The molecular weight excluding hydrogens is 473 g/mol. The summed E-state index contributed by atoms with van der Waals surface area (Å²) in [6.45, 7) is 3.46. The Balaban J connectivity index is 1.42. The van der Waals surface area contributed by atoms with Crippen LogP contribution < -0.4 is 4.74 Å². The highest BCUT2D eigenvalue weighted by Gasteiger charge is 2.55. The van der Waals surface area contributed by atoms with Crippen molar-refractivity contribution < 1.29 is 23.8 Å². The molecule has 6 rings (SSSR count). The Morgan fingerprint density at radius 3 is 2.62 bits per heavy atom. The Kier molecular flexibility index (Phi) is 6.21. The lowest BCUT2D eigenvalue weighted by molar-refractivity contribution is -0.148. The first-order valence-corrected chi connectivity index (χ1v) is 13.1. The molecule has 1 aromatic heterocycles. The fourth-order valence-corrected chi connectivity index (χ4v) is 6.78. The minimum atomic E-state index is -0.290. The Morgan fingerprint density at radius 2 is 1.92 bits per heavy atom. The monoisotopic (exact) mass is 507 g/mol. The van der Waals surface area contributed by atoms with Crippen LogP contribution in [0.1, 0.15) is 35.7 Å². The molecule has 1 amide bonds. The minimum Gasteiger partial charge on any atom is -0.497 e. The number of rotatable bonds is 5. The largest absolute Gasteiger partial charge is 0.497 e. The zero-order valence-corrected chi connectivity index (χ0v) is 21.5. The third-order valence-corrected chi connectivity index (χ3v) is 8.62. The average molecular weight is 508 g/mol. The van der Waals surface area contributed by atoms with E-state index in [9.17, 15) is 14.3 Å². The van der Waals surface area contributed by atoms with E-state index in [1.54, 1.807) is 19.2 Å². The number of aryl methyl sites for hydroxylation is 1. The van der Waals surface area contributed by atoms with Gasteiger partial charge < -0.3 is 24.0 Å². The molecule has 0 radical (unpaired) electrons. The number of halogens is 1. The number of hydrogen-bond donors (Lipinski definition) is 1. The molecule has 0 aliphatic carbocycles. The molecule has 7 nitrogen and oxygen atoms in total. The lowest BCUT2D eigenvalue weighted by Gasteiger charge is -2.57. The van der Waals surface area contributed by atoms with Crippen LogP contribution in [0.3, 0.4) is 0 Å². The van der Waals surface area contributed by atoms with E-state index in [0.717, 1.165) is 35.2 Å². The van der Waals surface area contributed by atoms with Crippen molar-refractivity contribution in [3.8, 4) is 5.75 Å². The summed E-state index contributed by atoms with van der Waals surface area (Å²) < 4.78 is 27.8. The SMILES string of the molecule is COc1ccc2c3c(n(C)c2c1)[C@@H](CO)N(Cc1ccccc1F)CC31CN(C(=O)C2CCOCC2)C1. The molecule has 8 heteroatoms. The molecule has 0 bridgehead atoms. The van der Waals surface area contributed by atoms with Gasteiger partial charge in [0.1, 0.15) is 11.6 Å². The van der Waals surface area contributed by atoms with Crippen molar-refractivity contribution >= 4 is 16.8 Å². The molecule has 196 valence electrons. The molecule has 4 heterocycles. The molecule has 2 aromatic carbocycles. The van der Waals surface area contributed by atoms with Gasteiger partial charge in [-0.1, -0.05) is 18.2 Å². The number of methoxy groups -OCH3 is 1. The summed E-state index contributed by atoms with van der Waals surface area (Å²) in [5, 5.41) is 11.8. The number of nitrogens with zero attached hydrogens (tertiary/aromatic N) is 3. The van der Waals surface area contributed by atoms with Crippen molar-refractivity contribution in [2.75, 3.05) is 46.6 Å². The van der Waals surface area contributed by atoms with Crippen LogP contribution in [0, 0.1) is 11.7 Å². The summed E-state index contributed by atoms with van der Waals surface area (Å²) >= 11 is 0. The first-order chi connectivity index (χ1) is 18.0. The second-order valence-corrected chi connectivity index (χ2v) is 10.8. The summed E-state index contributed by atoms with van der Waals surface area (Å²) in [7, 11) is 3.68. The third-order valence-electron chi connectivity index (χ3n) is 8.62. The van der Waals surface area contributed by atoms with Crippen LogP contribution in [0.4, 0.5) is 4.39 Å². The van der Waals surface area contributed by atoms with Crippen molar-refractivity contribution in [1.82, 2.24) is 14.4 Å². The van der Waals surface area contributed by atoms with Gasteiger partial charge in [0.25, 0.3) is 0 Å². The normalized spacial score (nSPS) is 21.7. The van der Waals surface area contributed by atoms with Gasteiger partial charge in [-0.05, 0) is 36.6 Å². The highest BCUT2D eigenvalue weighted by atomic mass is 19.1. The van der Waals surface area contributed by atoms with Crippen LogP contribution in [-0.2, 0) is 28.5 Å². The zero-order chi connectivity index (χ0) is 25.7. The second kappa shape index (κ2) is 9.42. The highest BCUT2D eigenvalue weighted by molar-refractivity contribution is 5.90. The highest BCUT2D eigenvalue weighted by Crippen LogP contribution is 2.50. The van der Waals surface area contributed by atoms with Crippen molar-refractivity contribution in [2.45, 2.75) is 30.8 Å². The molecule has 2 fully saturated rings. The number of likely N-dealkylation sites (tertiary alicyclic amines) is 1. The maximum Gasteiger partial charge on any atom is 0.225 e. The van der Waals surface area contributed by atoms with Gasteiger partial charge in [-0.15, -0.1) is 0 Å². The topological polar surface area (TPSA) is 67.2 Å². The zero-order valence-electron chi connectivity index (χ0n) is 21.5. The van der Waals surface area contributed by atoms with Gasteiger partial charge >= 0.3 is 0 Å². The number of fused-ring (bicyclic) bond motifs is 4. The van der Waals surface area contributed by atoms with Gasteiger partial charge in [0, 0.05) is 80.5 Å². The first-order valence-electron chi connectivity index (χ1n) is 13.1. The van der Waals surface area contributed by atoms with E-state index in [0.29, 0.717) is 45.0 Å². The lowest BCUT2D eigenvalue weighted by atomic mass is 9.68. The molecular formula is C29H34FN3O4. The van der Waals surface area contributed by atoms with Crippen LogP contribution in [0.5, 0.6) is 5.75 Å². The summed E-state index contributed by atoms with van der Waals surface area (Å²) in [6.07, 6.45) is 1.54. The molecule has 3 aromatic rings. The Hall–Kier alpha value is -2.94. The van der Waals surface area contributed by atoms with E-state index >= 15 is 0 Å². The number of carbonyl (C=O) groups excluding carboxylic acids is 1. The molecule has 1 atom stereocenters. The van der Waals surface area contributed by atoms with E-state index in [2.05, 4.69) is 15.5 Å². The van der Waals surface area contributed by atoms with Crippen LogP contribution in [0.2, 0.25) is 0 Å². The van der Waals surface area contributed by atoms with Gasteiger partial charge in [0.2, 0.25) is 5.91 Å². The number of aromatic nitrogens is 1. The van der Waals surface area contributed by atoms with Crippen molar-refractivity contribution in [3.63, 3.8) is 0 Å². The number of hydrogen-bond acceptors (Lipinski definition) is 5. The maximum atomic E-state index is 14.7. The number of amides is 1. The van der Waals surface area contributed by atoms with E-state index in [1.165, 1.54) is 11.6 Å². The summed E-state index contributed by atoms with van der Waals surface area (Å²) in [4.78, 5) is 17.5. The number of aliphatic hydroxyl groups excluding tert-OH is 1. The van der Waals surface area contributed by atoms with Crippen LogP contribution >= 0.6 is 0 Å². The minimum absolute atomic E-state index is 0.0191.